The van der Waals surface area contributed by atoms with Crippen LogP contribution in [-0.2, 0) is 27.8 Å². The minimum atomic E-state index is -3.59. The van der Waals surface area contributed by atoms with Crippen molar-refractivity contribution in [2.75, 3.05) is 25.1 Å². The number of hydrogen-bond acceptors (Lipinski definition) is 7. The molecule has 2 aromatic rings. The molecule has 10 heteroatoms. The van der Waals surface area contributed by atoms with Crippen LogP contribution in [-0.4, -0.2) is 51.0 Å². The molecule has 0 unspecified atom stereocenters. The first-order chi connectivity index (χ1) is 21.0. The number of carbonyl (C=O) groups is 1. The Morgan fingerprint density at radius 1 is 1.14 bits per heavy atom. The van der Waals surface area contributed by atoms with E-state index in [0.717, 1.165) is 69.3 Å². The van der Waals surface area contributed by atoms with Crippen molar-refractivity contribution in [2.24, 2.45) is 28.8 Å². The number of hydrogen-bond donors (Lipinski definition) is 2. The lowest BCUT2D eigenvalue weighted by Crippen LogP contribution is -2.43. The summed E-state index contributed by atoms with van der Waals surface area (Å²) < 4.78 is 35.6. The maximum Gasteiger partial charge on any atom is 0.337 e. The number of anilines is 1. The van der Waals surface area contributed by atoms with E-state index in [1.807, 2.05) is 49.4 Å². The molecule has 0 spiro atoms. The number of esters is 1. The fourth-order valence-corrected chi connectivity index (χ4v) is 8.72. The van der Waals surface area contributed by atoms with Gasteiger partial charge in [0.1, 0.15) is 12.4 Å². The Balaban J connectivity index is 1.33. The van der Waals surface area contributed by atoms with Crippen molar-refractivity contribution in [3.63, 3.8) is 0 Å². The van der Waals surface area contributed by atoms with Gasteiger partial charge in [-0.2, -0.15) is 0 Å². The Labute approximate surface area is 266 Å². The molecule has 2 fully saturated rings. The minimum absolute atomic E-state index is 0.0750. The topological polar surface area (TPSA) is 119 Å². The van der Waals surface area contributed by atoms with Gasteiger partial charge in [0.2, 0.25) is 10.0 Å². The third kappa shape index (κ3) is 7.61. The number of benzene rings is 2. The average molecular weight is 645 g/mol. The van der Waals surface area contributed by atoms with Gasteiger partial charge in [-0.3, -0.25) is 0 Å². The second kappa shape index (κ2) is 14.2. The van der Waals surface area contributed by atoms with Crippen LogP contribution in [0.1, 0.15) is 73.4 Å². The Hall–Kier alpha value is -2.59. The zero-order chi connectivity index (χ0) is 31.4. The maximum atomic E-state index is 12.5. The van der Waals surface area contributed by atoms with Gasteiger partial charge in [0.15, 0.2) is 0 Å². The molecule has 5 rings (SSSR count). The van der Waals surface area contributed by atoms with Gasteiger partial charge >= 0.3 is 5.97 Å². The SMILES string of the molecule is COC(=O)c1ccc2c(c1)N(C[C@@H]1CC[C@H]1[C@@H](O)/C=C/[C@@H]1CCC[C@@H](S(N)(=O)=O)[C@H]1C)CCCCc1cc(Cl)ccc1CO2. The molecule has 240 valence electrons. The van der Waals surface area contributed by atoms with E-state index in [1.54, 1.807) is 6.07 Å². The third-order valence-electron chi connectivity index (χ3n) is 10.0. The molecular weight excluding hydrogens is 600 g/mol. The summed E-state index contributed by atoms with van der Waals surface area (Å²) in [4.78, 5) is 14.8. The van der Waals surface area contributed by atoms with Gasteiger partial charge in [-0.05, 0) is 110 Å². The van der Waals surface area contributed by atoms with E-state index < -0.39 is 27.3 Å². The van der Waals surface area contributed by atoms with Gasteiger partial charge in [-0.25, -0.2) is 18.4 Å². The number of aliphatic hydroxyl groups excluding tert-OH is 1. The van der Waals surface area contributed by atoms with Crippen LogP contribution in [0.25, 0.3) is 0 Å². The molecule has 1 aliphatic heterocycles. The van der Waals surface area contributed by atoms with E-state index in [0.29, 0.717) is 29.4 Å². The highest BCUT2D eigenvalue weighted by molar-refractivity contribution is 7.89. The van der Waals surface area contributed by atoms with E-state index in [4.69, 9.17) is 26.2 Å². The van der Waals surface area contributed by atoms with Crippen molar-refractivity contribution in [2.45, 2.75) is 76.3 Å². The van der Waals surface area contributed by atoms with Crippen LogP contribution < -0.4 is 14.8 Å². The summed E-state index contributed by atoms with van der Waals surface area (Å²) in [5.41, 5.74) is 3.61. The van der Waals surface area contributed by atoms with Crippen molar-refractivity contribution in [1.29, 1.82) is 0 Å². The summed E-state index contributed by atoms with van der Waals surface area (Å²) in [5, 5.41) is 16.9. The number of aryl methyl sites for hydroxylation is 1. The number of sulfonamides is 1. The molecule has 0 aromatic heterocycles. The molecule has 1 heterocycles. The van der Waals surface area contributed by atoms with Crippen LogP contribution >= 0.6 is 11.6 Å². The van der Waals surface area contributed by atoms with Gasteiger partial charge in [0.25, 0.3) is 0 Å². The van der Waals surface area contributed by atoms with Gasteiger partial charge in [0.05, 0.1) is 29.7 Å². The second-order valence-electron chi connectivity index (χ2n) is 12.7. The number of carbonyl (C=O) groups excluding carboxylic acids is 1. The van der Waals surface area contributed by atoms with Crippen molar-refractivity contribution in [1.82, 2.24) is 0 Å². The van der Waals surface area contributed by atoms with E-state index in [2.05, 4.69) is 4.90 Å². The number of aliphatic hydroxyl groups is 1. The number of methoxy groups -OCH3 is 1. The molecule has 2 aliphatic carbocycles. The first kappa shape index (κ1) is 32.8. The van der Waals surface area contributed by atoms with Crippen molar-refractivity contribution < 1.29 is 27.8 Å². The van der Waals surface area contributed by atoms with Gasteiger partial charge in [-0.1, -0.05) is 43.2 Å². The van der Waals surface area contributed by atoms with Crippen LogP contribution in [0.2, 0.25) is 5.02 Å². The lowest BCUT2D eigenvalue weighted by Gasteiger charge is -2.43. The second-order valence-corrected chi connectivity index (χ2v) is 15.0. The summed E-state index contributed by atoms with van der Waals surface area (Å²) in [7, 11) is -2.21. The number of nitrogens with two attached hydrogens (primary N) is 1. The molecule has 2 aromatic carbocycles. The predicted octanol–water partition coefficient (Wildman–Crippen LogP) is 5.88. The Kier molecular flexibility index (Phi) is 10.6. The van der Waals surface area contributed by atoms with E-state index in [9.17, 15) is 18.3 Å². The van der Waals surface area contributed by atoms with Crippen molar-refractivity contribution in [3.8, 4) is 5.75 Å². The Morgan fingerprint density at radius 3 is 2.68 bits per heavy atom. The summed E-state index contributed by atoms with van der Waals surface area (Å²) in [6.45, 7) is 3.85. The van der Waals surface area contributed by atoms with Crippen molar-refractivity contribution in [3.05, 3.63) is 70.3 Å². The summed E-state index contributed by atoms with van der Waals surface area (Å²) in [6.07, 6.45) is 10.3. The summed E-state index contributed by atoms with van der Waals surface area (Å²) in [6, 6.07) is 11.4. The van der Waals surface area contributed by atoms with Gasteiger partial charge in [-0.15, -0.1) is 0 Å². The van der Waals surface area contributed by atoms with E-state index >= 15 is 0 Å². The highest BCUT2D eigenvalue weighted by Gasteiger charge is 2.38. The largest absolute Gasteiger partial charge is 0.487 e. The highest BCUT2D eigenvalue weighted by atomic mass is 35.5. The molecule has 44 heavy (non-hydrogen) atoms. The normalized spacial score (nSPS) is 26.8. The number of rotatable bonds is 7. The molecule has 2 saturated carbocycles. The fourth-order valence-electron chi connectivity index (χ4n) is 7.23. The summed E-state index contributed by atoms with van der Waals surface area (Å²) in [5.74, 6) is 0.646. The van der Waals surface area contributed by atoms with Crippen LogP contribution in [0.3, 0.4) is 0 Å². The lowest BCUT2D eigenvalue weighted by molar-refractivity contribution is 0.0457. The lowest BCUT2D eigenvalue weighted by atomic mass is 9.69. The number of primary sulfonamides is 1. The monoisotopic (exact) mass is 644 g/mol. The third-order valence-corrected chi connectivity index (χ3v) is 11.8. The maximum absolute atomic E-state index is 12.5. The first-order valence-electron chi connectivity index (χ1n) is 15.8. The van der Waals surface area contributed by atoms with Crippen LogP contribution in [0.15, 0.2) is 48.6 Å². The van der Waals surface area contributed by atoms with Crippen LogP contribution in [0.5, 0.6) is 5.75 Å². The smallest absolute Gasteiger partial charge is 0.337 e. The fraction of sp³-hybridized carbons (Fsp3) is 0.559. The number of nitrogens with zero attached hydrogens (tertiary/aromatic N) is 1. The van der Waals surface area contributed by atoms with Crippen LogP contribution in [0, 0.1) is 23.7 Å². The van der Waals surface area contributed by atoms with Gasteiger partial charge < -0.3 is 19.5 Å². The van der Waals surface area contributed by atoms with Crippen molar-refractivity contribution >= 4 is 33.3 Å². The Morgan fingerprint density at radius 2 is 1.95 bits per heavy atom. The molecule has 6 atom stereocenters. The molecule has 0 radical (unpaired) electrons. The molecule has 3 N–H and O–H groups in total. The minimum Gasteiger partial charge on any atom is -0.487 e. The van der Waals surface area contributed by atoms with Gasteiger partial charge in [0, 0.05) is 18.1 Å². The molecule has 8 nitrogen and oxygen atoms in total. The zero-order valence-corrected chi connectivity index (χ0v) is 27.2. The number of allylic oxidation sites excluding steroid dienone is 1. The molecule has 0 saturated heterocycles. The zero-order valence-electron chi connectivity index (χ0n) is 25.7. The highest BCUT2D eigenvalue weighted by Crippen LogP contribution is 2.41. The molecular formula is C34H45ClN2O6S. The standard InChI is InChI=1S/C34H45ClN2O6S/c1-22-23(7-5-8-33(22)44(36,40)41)11-15-31(38)29-14-10-26(29)20-37-17-4-3-6-24-18-28(35)13-9-27(24)21-43-32-16-12-25(19-30(32)37)34(39)42-2/h9,11-13,15-16,18-19,22-23,26,29,31,33,38H,3-8,10,14,17,20-21H2,1-2H3,(H2,36,40,41)/b15-11+/t22-,23-,26-,29+,31-,33+/m0/s1. The predicted molar refractivity (Wildman–Crippen MR) is 173 cm³/mol. The molecule has 0 amide bonds. The summed E-state index contributed by atoms with van der Waals surface area (Å²) >= 11 is 6.31. The van der Waals surface area contributed by atoms with Crippen LogP contribution in [0.4, 0.5) is 5.69 Å². The number of halogens is 1. The Bertz CT molecular complexity index is 1460. The first-order valence-corrected chi connectivity index (χ1v) is 17.8. The molecule has 0 bridgehead atoms. The van der Waals surface area contributed by atoms with E-state index in [-0.39, 0.29) is 23.7 Å². The number of fused-ring (bicyclic) bond motifs is 2. The average Bonchev–Trinajstić information content (AvgIpc) is 3.01. The van der Waals surface area contributed by atoms with E-state index in [1.165, 1.54) is 12.7 Å². The quantitative estimate of drug-likeness (QED) is 0.285. The number of ether oxygens (including phenoxy) is 2. The molecule has 3 aliphatic rings.